The summed E-state index contributed by atoms with van der Waals surface area (Å²) in [6.07, 6.45) is 0.526. The van der Waals surface area contributed by atoms with Gasteiger partial charge in [-0.3, -0.25) is 9.59 Å². The molecule has 2 rings (SSSR count). The first kappa shape index (κ1) is 15.0. The highest BCUT2D eigenvalue weighted by Gasteiger charge is 2.33. The van der Waals surface area contributed by atoms with Crippen molar-refractivity contribution in [3.8, 4) is 0 Å². The van der Waals surface area contributed by atoms with Gasteiger partial charge in [0.2, 0.25) is 0 Å². The highest BCUT2D eigenvalue weighted by atomic mass is 79.9. The van der Waals surface area contributed by atoms with E-state index in [1.54, 1.807) is 4.90 Å². The van der Waals surface area contributed by atoms with E-state index in [2.05, 4.69) is 15.9 Å². The molecule has 1 N–H and O–H groups in total. The maximum atomic E-state index is 12.5. The first-order chi connectivity index (χ1) is 9.40. The molecule has 0 saturated carbocycles. The molecule has 0 aromatic heterocycles. The number of carbonyl (C=O) groups is 2. The van der Waals surface area contributed by atoms with Crippen LogP contribution in [0.15, 0.2) is 22.7 Å². The second-order valence-corrected chi connectivity index (χ2v) is 6.34. The fraction of sp³-hybridized carbons (Fsp3) is 0.467. The van der Waals surface area contributed by atoms with Crippen molar-refractivity contribution >= 4 is 27.8 Å². The second kappa shape index (κ2) is 5.95. The summed E-state index contributed by atoms with van der Waals surface area (Å²) in [5.74, 6) is -1.12. The Morgan fingerprint density at radius 2 is 2.10 bits per heavy atom. The summed E-state index contributed by atoms with van der Waals surface area (Å²) in [7, 11) is 0. The van der Waals surface area contributed by atoms with Crippen LogP contribution in [0, 0.1) is 18.8 Å². The minimum atomic E-state index is -0.760. The Hall–Kier alpha value is -1.36. The zero-order valence-electron chi connectivity index (χ0n) is 11.6. The highest BCUT2D eigenvalue weighted by molar-refractivity contribution is 9.10. The van der Waals surface area contributed by atoms with Crippen LogP contribution in [0.1, 0.15) is 29.3 Å². The molecule has 0 aliphatic carbocycles. The van der Waals surface area contributed by atoms with Crippen molar-refractivity contribution in [1.29, 1.82) is 0 Å². The predicted molar refractivity (Wildman–Crippen MR) is 79.7 cm³/mol. The zero-order chi connectivity index (χ0) is 14.9. The van der Waals surface area contributed by atoms with E-state index in [1.807, 2.05) is 32.0 Å². The number of amides is 1. The van der Waals surface area contributed by atoms with Gasteiger partial charge in [-0.2, -0.15) is 0 Å². The number of nitrogens with zero attached hydrogens (tertiary/aromatic N) is 1. The van der Waals surface area contributed by atoms with Crippen molar-refractivity contribution in [2.45, 2.75) is 20.3 Å². The third-order valence-electron chi connectivity index (χ3n) is 3.93. The molecule has 4 nitrogen and oxygen atoms in total. The fourth-order valence-corrected chi connectivity index (χ4v) is 3.21. The molecule has 1 aliphatic rings. The predicted octanol–water partition coefficient (Wildman–Crippen LogP) is 2.94. The van der Waals surface area contributed by atoms with Crippen molar-refractivity contribution in [3.05, 3.63) is 33.8 Å². The third kappa shape index (κ3) is 3.03. The van der Waals surface area contributed by atoms with Gasteiger partial charge in [-0.1, -0.05) is 22.9 Å². The number of likely N-dealkylation sites (tertiary alicyclic amines) is 1. The Bertz CT molecular complexity index is 544. The maximum Gasteiger partial charge on any atom is 0.306 e. The zero-order valence-corrected chi connectivity index (χ0v) is 13.2. The largest absolute Gasteiger partial charge is 0.481 e. The number of halogens is 1. The quantitative estimate of drug-likeness (QED) is 0.901. The average Bonchev–Trinajstić information content (AvgIpc) is 2.37. The molecule has 1 aromatic carbocycles. The number of benzene rings is 1. The van der Waals surface area contributed by atoms with Crippen LogP contribution in [0.3, 0.4) is 0 Å². The number of carboxylic acid groups (broad SMARTS) is 1. The van der Waals surface area contributed by atoms with Crippen LogP contribution in [-0.2, 0) is 4.79 Å². The highest BCUT2D eigenvalue weighted by Crippen LogP contribution is 2.26. The summed E-state index contributed by atoms with van der Waals surface area (Å²) in [5, 5.41) is 9.12. The minimum absolute atomic E-state index is 0.00862. The lowest BCUT2D eigenvalue weighted by molar-refractivity contribution is -0.145. The van der Waals surface area contributed by atoms with E-state index in [0.717, 1.165) is 10.0 Å². The monoisotopic (exact) mass is 339 g/mol. The smallest absolute Gasteiger partial charge is 0.306 e. The molecule has 0 spiro atoms. The molecule has 20 heavy (non-hydrogen) atoms. The maximum absolute atomic E-state index is 12.5. The third-order valence-corrected chi connectivity index (χ3v) is 4.42. The summed E-state index contributed by atoms with van der Waals surface area (Å²) in [4.78, 5) is 25.4. The van der Waals surface area contributed by atoms with Crippen molar-refractivity contribution in [3.63, 3.8) is 0 Å². The first-order valence-corrected chi connectivity index (χ1v) is 7.47. The summed E-state index contributed by atoms with van der Waals surface area (Å²) < 4.78 is 0.949. The number of aliphatic carboxylic acids is 1. The SMILES string of the molecule is Cc1cc(Br)ccc1C(=O)N1CCC(C(=O)O)C(C)C1. The Morgan fingerprint density at radius 1 is 1.40 bits per heavy atom. The molecule has 1 heterocycles. The van der Waals surface area contributed by atoms with Crippen molar-refractivity contribution < 1.29 is 14.7 Å². The lowest BCUT2D eigenvalue weighted by Gasteiger charge is -2.35. The molecular formula is C15H18BrNO3. The second-order valence-electron chi connectivity index (χ2n) is 5.42. The van der Waals surface area contributed by atoms with Gasteiger partial charge in [0.15, 0.2) is 0 Å². The standard InChI is InChI=1S/C15H18BrNO3/c1-9-7-11(16)3-4-12(9)14(18)17-6-5-13(15(19)20)10(2)8-17/h3-4,7,10,13H,5-6,8H2,1-2H3,(H,19,20). The van der Waals surface area contributed by atoms with Gasteiger partial charge < -0.3 is 10.0 Å². The van der Waals surface area contributed by atoms with E-state index < -0.39 is 5.97 Å². The van der Waals surface area contributed by atoms with Gasteiger partial charge in [0, 0.05) is 23.1 Å². The molecule has 0 bridgehead atoms. The number of rotatable bonds is 2. The summed E-state index contributed by atoms with van der Waals surface area (Å²) >= 11 is 3.38. The molecule has 2 unspecified atom stereocenters. The van der Waals surface area contributed by atoms with Gasteiger partial charge in [-0.25, -0.2) is 0 Å². The molecule has 5 heteroatoms. The van der Waals surface area contributed by atoms with E-state index in [0.29, 0.717) is 25.1 Å². The van der Waals surface area contributed by atoms with Gasteiger partial charge in [-0.05, 0) is 43.0 Å². The number of hydrogen-bond donors (Lipinski definition) is 1. The summed E-state index contributed by atoms with van der Waals surface area (Å²) in [6.45, 7) is 4.82. The van der Waals surface area contributed by atoms with Gasteiger partial charge in [-0.15, -0.1) is 0 Å². The van der Waals surface area contributed by atoms with E-state index in [1.165, 1.54) is 0 Å². The van der Waals surface area contributed by atoms with Crippen LogP contribution in [-0.4, -0.2) is 35.0 Å². The van der Waals surface area contributed by atoms with E-state index in [-0.39, 0.29) is 17.7 Å². The number of carbonyl (C=O) groups excluding carboxylic acids is 1. The molecule has 1 fully saturated rings. The van der Waals surface area contributed by atoms with E-state index in [4.69, 9.17) is 5.11 Å². The molecule has 0 radical (unpaired) electrons. The average molecular weight is 340 g/mol. The molecule has 2 atom stereocenters. The normalized spacial score (nSPS) is 22.6. The van der Waals surface area contributed by atoms with Crippen LogP contribution in [0.2, 0.25) is 0 Å². The summed E-state index contributed by atoms with van der Waals surface area (Å²) in [6, 6.07) is 5.59. The van der Waals surface area contributed by atoms with Crippen LogP contribution >= 0.6 is 15.9 Å². The van der Waals surface area contributed by atoms with Gasteiger partial charge >= 0.3 is 5.97 Å². The minimum Gasteiger partial charge on any atom is -0.481 e. The van der Waals surface area contributed by atoms with Gasteiger partial charge in [0.1, 0.15) is 0 Å². The van der Waals surface area contributed by atoms with Crippen molar-refractivity contribution in [2.24, 2.45) is 11.8 Å². The fourth-order valence-electron chi connectivity index (χ4n) is 2.73. The van der Waals surface area contributed by atoms with E-state index in [9.17, 15) is 9.59 Å². The Labute approximate surface area is 126 Å². The molecular weight excluding hydrogens is 322 g/mol. The van der Waals surface area contributed by atoms with Crippen LogP contribution in [0.4, 0.5) is 0 Å². The Balaban J connectivity index is 2.13. The number of aryl methyl sites for hydroxylation is 1. The van der Waals surface area contributed by atoms with Crippen molar-refractivity contribution in [2.75, 3.05) is 13.1 Å². The molecule has 108 valence electrons. The van der Waals surface area contributed by atoms with Crippen molar-refractivity contribution in [1.82, 2.24) is 4.90 Å². The summed E-state index contributed by atoms with van der Waals surface area (Å²) in [5.41, 5.74) is 1.62. The number of hydrogen-bond acceptors (Lipinski definition) is 2. The number of carboxylic acids is 1. The molecule has 1 saturated heterocycles. The Morgan fingerprint density at radius 3 is 2.65 bits per heavy atom. The first-order valence-electron chi connectivity index (χ1n) is 6.68. The Kier molecular flexibility index (Phi) is 4.48. The van der Waals surface area contributed by atoms with Crippen LogP contribution < -0.4 is 0 Å². The van der Waals surface area contributed by atoms with Gasteiger partial charge in [0.25, 0.3) is 5.91 Å². The van der Waals surface area contributed by atoms with Crippen LogP contribution in [0.25, 0.3) is 0 Å². The topological polar surface area (TPSA) is 57.6 Å². The molecule has 1 aromatic rings. The molecule has 1 amide bonds. The lowest BCUT2D eigenvalue weighted by Crippen LogP contribution is -2.45. The molecule has 1 aliphatic heterocycles. The number of piperidine rings is 1. The lowest BCUT2D eigenvalue weighted by atomic mass is 9.86. The van der Waals surface area contributed by atoms with Crippen LogP contribution in [0.5, 0.6) is 0 Å². The van der Waals surface area contributed by atoms with E-state index >= 15 is 0 Å². The van der Waals surface area contributed by atoms with Gasteiger partial charge in [0.05, 0.1) is 5.92 Å².